The molecular formula is C7H11N3O. The van der Waals surface area contributed by atoms with Gasteiger partial charge in [-0.05, 0) is 13.3 Å². The molecule has 1 aromatic heterocycles. The van der Waals surface area contributed by atoms with Crippen molar-refractivity contribution in [1.82, 2.24) is 15.0 Å². The first-order chi connectivity index (χ1) is 5.33. The Balaban J connectivity index is 3.08. The van der Waals surface area contributed by atoms with Gasteiger partial charge in [-0.15, -0.1) is 5.10 Å². The van der Waals surface area contributed by atoms with E-state index in [0.717, 1.165) is 18.4 Å². The summed E-state index contributed by atoms with van der Waals surface area (Å²) in [5, 5.41) is 7.67. The van der Waals surface area contributed by atoms with Crippen LogP contribution in [0, 0.1) is 0 Å². The lowest BCUT2D eigenvalue weighted by atomic mass is 10.3. The van der Waals surface area contributed by atoms with Gasteiger partial charge in [0.2, 0.25) is 0 Å². The number of hydrogen-bond donors (Lipinski definition) is 0. The molecule has 0 N–H and O–H groups in total. The van der Waals surface area contributed by atoms with E-state index in [0.29, 0.717) is 12.2 Å². The van der Waals surface area contributed by atoms with Crippen molar-refractivity contribution in [3.05, 3.63) is 11.4 Å². The van der Waals surface area contributed by atoms with E-state index in [1.54, 1.807) is 4.68 Å². The van der Waals surface area contributed by atoms with Crippen LogP contribution in [0.3, 0.4) is 0 Å². The van der Waals surface area contributed by atoms with Gasteiger partial charge in [-0.1, -0.05) is 12.1 Å². The van der Waals surface area contributed by atoms with Gasteiger partial charge in [0.1, 0.15) is 5.69 Å². The highest BCUT2D eigenvalue weighted by Crippen LogP contribution is 2.02. The summed E-state index contributed by atoms with van der Waals surface area (Å²) in [6.07, 6.45) is 1.57. The van der Waals surface area contributed by atoms with Crippen molar-refractivity contribution in [2.75, 3.05) is 0 Å². The molecular weight excluding hydrogens is 142 g/mol. The van der Waals surface area contributed by atoms with Crippen molar-refractivity contribution in [3.8, 4) is 0 Å². The minimum Gasteiger partial charge on any atom is -0.296 e. The topological polar surface area (TPSA) is 47.8 Å². The molecule has 1 rings (SSSR count). The zero-order valence-electron chi connectivity index (χ0n) is 6.74. The number of rotatable bonds is 3. The van der Waals surface area contributed by atoms with Crippen molar-refractivity contribution in [1.29, 1.82) is 0 Å². The van der Waals surface area contributed by atoms with E-state index < -0.39 is 0 Å². The van der Waals surface area contributed by atoms with Crippen LogP contribution in [0.15, 0.2) is 0 Å². The normalized spacial score (nSPS) is 10.0. The lowest BCUT2D eigenvalue weighted by molar-refractivity contribution is 0.111. The Labute approximate surface area is 65.2 Å². The molecule has 0 spiro atoms. The number of aromatic nitrogens is 3. The Kier molecular flexibility index (Phi) is 2.36. The zero-order valence-corrected chi connectivity index (χ0v) is 6.74. The molecule has 0 fully saturated rings. The second-order valence-electron chi connectivity index (χ2n) is 2.21. The quantitative estimate of drug-likeness (QED) is 0.600. The van der Waals surface area contributed by atoms with Gasteiger partial charge in [0.25, 0.3) is 0 Å². The molecule has 0 aromatic carbocycles. The van der Waals surface area contributed by atoms with Crippen LogP contribution in [0.25, 0.3) is 0 Å². The number of aryl methyl sites for hydroxylation is 2. The maximum Gasteiger partial charge on any atom is 0.170 e. The fourth-order valence-electron chi connectivity index (χ4n) is 0.971. The molecule has 60 valence electrons. The van der Waals surface area contributed by atoms with Gasteiger partial charge >= 0.3 is 0 Å². The average molecular weight is 153 g/mol. The van der Waals surface area contributed by atoms with Gasteiger partial charge in [-0.25, -0.2) is 4.68 Å². The van der Waals surface area contributed by atoms with Crippen LogP contribution < -0.4 is 0 Å². The summed E-state index contributed by atoms with van der Waals surface area (Å²) in [4.78, 5) is 10.5. The minimum atomic E-state index is 0.606. The third-order valence-corrected chi connectivity index (χ3v) is 1.59. The van der Waals surface area contributed by atoms with Gasteiger partial charge in [0.15, 0.2) is 6.29 Å². The van der Waals surface area contributed by atoms with Crippen molar-refractivity contribution < 1.29 is 4.79 Å². The van der Waals surface area contributed by atoms with E-state index in [2.05, 4.69) is 10.3 Å². The van der Waals surface area contributed by atoms with E-state index in [-0.39, 0.29) is 0 Å². The largest absolute Gasteiger partial charge is 0.296 e. The molecule has 0 atom stereocenters. The van der Waals surface area contributed by atoms with E-state index >= 15 is 0 Å². The SMILES string of the molecule is CCc1nnn(CC)c1C=O. The summed E-state index contributed by atoms with van der Waals surface area (Å²) in [6.45, 7) is 4.58. The molecule has 0 amide bonds. The Morgan fingerprint density at radius 1 is 1.55 bits per heavy atom. The van der Waals surface area contributed by atoms with Gasteiger partial charge in [0.05, 0.1) is 5.69 Å². The van der Waals surface area contributed by atoms with E-state index in [1.165, 1.54) is 0 Å². The molecule has 0 aliphatic rings. The Morgan fingerprint density at radius 2 is 2.27 bits per heavy atom. The van der Waals surface area contributed by atoms with Crippen molar-refractivity contribution in [2.45, 2.75) is 26.8 Å². The van der Waals surface area contributed by atoms with Gasteiger partial charge in [-0.3, -0.25) is 4.79 Å². The third-order valence-electron chi connectivity index (χ3n) is 1.59. The summed E-state index contributed by atoms with van der Waals surface area (Å²) in [7, 11) is 0. The zero-order chi connectivity index (χ0) is 8.27. The fourth-order valence-corrected chi connectivity index (χ4v) is 0.971. The predicted octanol–water partition coefficient (Wildman–Crippen LogP) is 0.673. The molecule has 4 heteroatoms. The van der Waals surface area contributed by atoms with Crippen LogP contribution in [0.2, 0.25) is 0 Å². The van der Waals surface area contributed by atoms with Crippen LogP contribution in [-0.2, 0) is 13.0 Å². The lowest BCUT2D eigenvalue weighted by Gasteiger charge is -1.94. The molecule has 11 heavy (non-hydrogen) atoms. The van der Waals surface area contributed by atoms with Crippen LogP contribution in [-0.4, -0.2) is 21.3 Å². The Hall–Kier alpha value is -1.19. The fraction of sp³-hybridized carbons (Fsp3) is 0.571. The molecule has 0 unspecified atom stereocenters. The van der Waals surface area contributed by atoms with Gasteiger partial charge in [0, 0.05) is 6.54 Å². The first-order valence-corrected chi connectivity index (χ1v) is 3.71. The summed E-state index contributed by atoms with van der Waals surface area (Å²) < 4.78 is 1.60. The second kappa shape index (κ2) is 3.27. The van der Waals surface area contributed by atoms with E-state index in [4.69, 9.17) is 0 Å². The highest BCUT2D eigenvalue weighted by Gasteiger charge is 2.07. The highest BCUT2D eigenvalue weighted by molar-refractivity contribution is 5.73. The molecule has 0 bridgehead atoms. The maximum absolute atomic E-state index is 10.5. The molecule has 1 aromatic rings. The van der Waals surface area contributed by atoms with Crippen LogP contribution in [0.5, 0.6) is 0 Å². The average Bonchev–Trinajstić information content (AvgIpc) is 2.45. The number of hydrogen-bond acceptors (Lipinski definition) is 3. The van der Waals surface area contributed by atoms with Gasteiger partial charge < -0.3 is 0 Å². The molecule has 0 aliphatic carbocycles. The van der Waals surface area contributed by atoms with E-state index in [1.807, 2.05) is 13.8 Å². The molecule has 4 nitrogen and oxygen atoms in total. The molecule has 0 saturated heterocycles. The smallest absolute Gasteiger partial charge is 0.170 e. The number of carbonyl (C=O) groups is 1. The van der Waals surface area contributed by atoms with Gasteiger partial charge in [-0.2, -0.15) is 0 Å². The van der Waals surface area contributed by atoms with Crippen molar-refractivity contribution >= 4 is 6.29 Å². The monoisotopic (exact) mass is 153 g/mol. The molecule has 0 aliphatic heterocycles. The van der Waals surface area contributed by atoms with Crippen LogP contribution in [0.4, 0.5) is 0 Å². The lowest BCUT2D eigenvalue weighted by Crippen LogP contribution is -2.02. The summed E-state index contributed by atoms with van der Waals surface area (Å²) >= 11 is 0. The predicted molar refractivity (Wildman–Crippen MR) is 40.5 cm³/mol. The second-order valence-corrected chi connectivity index (χ2v) is 2.21. The summed E-state index contributed by atoms with van der Waals surface area (Å²) in [5.74, 6) is 0. The Bertz CT molecular complexity index is 233. The summed E-state index contributed by atoms with van der Waals surface area (Å²) in [6, 6.07) is 0. The van der Waals surface area contributed by atoms with Crippen molar-refractivity contribution in [2.24, 2.45) is 0 Å². The molecule has 0 radical (unpaired) electrons. The number of aldehydes is 1. The molecule has 1 heterocycles. The Morgan fingerprint density at radius 3 is 2.73 bits per heavy atom. The standard InChI is InChI=1S/C7H11N3O/c1-3-6-7(5-11)10(4-2)9-8-6/h5H,3-4H2,1-2H3. The molecule has 0 saturated carbocycles. The summed E-state index contributed by atoms with van der Waals surface area (Å²) in [5.41, 5.74) is 1.39. The first kappa shape index (κ1) is 7.91. The van der Waals surface area contributed by atoms with Crippen LogP contribution >= 0.6 is 0 Å². The number of nitrogens with zero attached hydrogens (tertiary/aromatic N) is 3. The maximum atomic E-state index is 10.5. The minimum absolute atomic E-state index is 0.606. The third kappa shape index (κ3) is 1.29. The van der Waals surface area contributed by atoms with Crippen molar-refractivity contribution in [3.63, 3.8) is 0 Å². The van der Waals surface area contributed by atoms with E-state index in [9.17, 15) is 4.79 Å². The highest BCUT2D eigenvalue weighted by atomic mass is 16.1. The first-order valence-electron chi connectivity index (χ1n) is 3.71. The number of carbonyl (C=O) groups excluding carboxylic acids is 1. The van der Waals surface area contributed by atoms with Crippen LogP contribution in [0.1, 0.15) is 30.0 Å².